The van der Waals surface area contributed by atoms with E-state index in [1.165, 1.54) is 16.9 Å². The molecule has 0 saturated carbocycles. The van der Waals surface area contributed by atoms with Gasteiger partial charge in [0.15, 0.2) is 5.13 Å². The molecule has 1 heterocycles. The van der Waals surface area contributed by atoms with E-state index in [0.29, 0.717) is 18.3 Å². The highest BCUT2D eigenvalue weighted by Gasteiger charge is 1.98. The third kappa shape index (κ3) is 3.04. The Morgan fingerprint density at radius 2 is 2.00 bits per heavy atom. The monoisotopic (exact) mass is 220 g/mol. The number of nitrogens with two attached hydrogens (primary N) is 1. The normalized spacial score (nSPS) is 10.4. The highest BCUT2D eigenvalue weighted by molar-refractivity contribution is 7.13. The van der Waals surface area contributed by atoms with E-state index in [9.17, 15) is 0 Å². The Balaban J connectivity index is 1.80. The minimum absolute atomic E-state index is 0.516. The first kappa shape index (κ1) is 10.1. The number of nitrogens with zero attached hydrogens (tertiary/aromatic N) is 1. The molecule has 3 nitrogen and oxygen atoms in total. The van der Waals surface area contributed by atoms with Gasteiger partial charge < -0.3 is 10.5 Å². The van der Waals surface area contributed by atoms with Gasteiger partial charge in [0.1, 0.15) is 0 Å². The van der Waals surface area contributed by atoms with Crippen LogP contribution < -0.4 is 5.73 Å². The number of nitrogen functional groups attached to an aromatic ring is 1. The Kier molecular flexibility index (Phi) is 3.32. The van der Waals surface area contributed by atoms with E-state index in [-0.39, 0.29) is 0 Å². The zero-order valence-corrected chi connectivity index (χ0v) is 9.04. The van der Waals surface area contributed by atoms with Gasteiger partial charge in [-0.25, -0.2) is 4.98 Å². The van der Waals surface area contributed by atoms with Crippen LogP contribution in [0.4, 0.5) is 5.13 Å². The van der Waals surface area contributed by atoms with Crippen LogP contribution in [-0.4, -0.2) is 4.98 Å². The average molecular weight is 220 g/mol. The molecule has 0 atom stereocenters. The molecule has 4 heteroatoms. The van der Waals surface area contributed by atoms with Crippen LogP contribution in [0.2, 0.25) is 0 Å². The van der Waals surface area contributed by atoms with Crippen molar-refractivity contribution in [2.24, 2.45) is 0 Å². The van der Waals surface area contributed by atoms with Crippen LogP contribution in [0.15, 0.2) is 35.7 Å². The standard InChI is InChI=1S/C11H12N2OS/c12-11-13-10(8-15-11)7-14-6-9-4-2-1-3-5-9/h1-5,8H,6-7H2,(H2,12,13). The zero-order valence-electron chi connectivity index (χ0n) is 8.22. The summed E-state index contributed by atoms with van der Waals surface area (Å²) < 4.78 is 5.51. The number of thiazole rings is 1. The molecule has 0 fully saturated rings. The van der Waals surface area contributed by atoms with Crippen LogP contribution in [0.25, 0.3) is 0 Å². The molecule has 0 spiro atoms. The summed E-state index contributed by atoms with van der Waals surface area (Å²) in [6.45, 7) is 1.13. The summed E-state index contributed by atoms with van der Waals surface area (Å²) in [5.74, 6) is 0. The lowest BCUT2D eigenvalue weighted by Gasteiger charge is -2.01. The fourth-order valence-corrected chi connectivity index (χ4v) is 1.78. The lowest BCUT2D eigenvalue weighted by Crippen LogP contribution is -1.94. The lowest BCUT2D eigenvalue weighted by atomic mass is 10.2. The summed E-state index contributed by atoms with van der Waals surface area (Å²) in [7, 11) is 0. The second-order valence-corrected chi connectivity index (χ2v) is 4.05. The minimum Gasteiger partial charge on any atom is -0.375 e. The number of rotatable bonds is 4. The van der Waals surface area contributed by atoms with E-state index in [1.807, 2.05) is 35.7 Å². The smallest absolute Gasteiger partial charge is 0.180 e. The molecule has 0 amide bonds. The highest BCUT2D eigenvalue weighted by Crippen LogP contribution is 2.12. The number of aromatic nitrogens is 1. The molecule has 0 saturated heterocycles. The van der Waals surface area contributed by atoms with Gasteiger partial charge in [0.05, 0.1) is 18.9 Å². The maximum atomic E-state index is 5.51. The summed E-state index contributed by atoms with van der Waals surface area (Å²) >= 11 is 1.44. The summed E-state index contributed by atoms with van der Waals surface area (Å²) in [4.78, 5) is 4.11. The number of anilines is 1. The van der Waals surface area contributed by atoms with Crippen LogP contribution >= 0.6 is 11.3 Å². The molecule has 2 rings (SSSR count). The molecular formula is C11H12N2OS. The number of benzene rings is 1. The van der Waals surface area contributed by atoms with E-state index in [4.69, 9.17) is 10.5 Å². The predicted molar refractivity (Wildman–Crippen MR) is 61.5 cm³/mol. The minimum atomic E-state index is 0.516. The fourth-order valence-electron chi connectivity index (χ4n) is 1.24. The van der Waals surface area contributed by atoms with Crippen molar-refractivity contribution in [1.29, 1.82) is 0 Å². The van der Waals surface area contributed by atoms with Gasteiger partial charge >= 0.3 is 0 Å². The van der Waals surface area contributed by atoms with Gasteiger partial charge in [0.2, 0.25) is 0 Å². The Hall–Kier alpha value is -1.39. The van der Waals surface area contributed by atoms with Crippen molar-refractivity contribution >= 4 is 16.5 Å². The van der Waals surface area contributed by atoms with Crippen molar-refractivity contribution < 1.29 is 4.74 Å². The maximum absolute atomic E-state index is 5.51. The Morgan fingerprint density at radius 3 is 2.67 bits per heavy atom. The topological polar surface area (TPSA) is 48.1 Å². The van der Waals surface area contributed by atoms with Crippen molar-refractivity contribution in [3.05, 3.63) is 47.0 Å². The van der Waals surface area contributed by atoms with Crippen LogP contribution in [-0.2, 0) is 18.0 Å². The van der Waals surface area contributed by atoms with Gasteiger partial charge in [0, 0.05) is 5.38 Å². The SMILES string of the molecule is Nc1nc(COCc2ccccc2)cs1. The molecule has 0 aliphatic carbocycles. The molecule has 2 aromatic rings. The fraction of sp³-hybridized carbons (Fsp3) is 0.182. The molecule has 78 valence electrons. The third-order valence-electron chi connectivity index (χ3n) is 1.93. The summed E-state index contributed by atoms with van der Waals surface area (Å²) in [5, 5.41) is 2.51. The molecule has 15 heavy (non-hydrogen) atoms. The Morgan fingerprint density at radius 1 is 1.20 bits per heavy atom. The molecule has 0 aliphatic heterocycles. The molecule has 0 aliphatic rings. The molecular weight excluding hydrogens is 208 g/mol. The highest BCUT2D eigenvalue weighted by atomic mass is 32.1. The molecule has 1 aromatic carbocycles. The molecule has 2 N–H and O–H groups in total. The number of hydrogen-bond donors (Lipinski definition) is 1. The number of ether oxygens (including phenoxy) is 1. The Labute approximate surface area is 92.5 Å². The van der Waals surface area contributed by atoms with Gasteiger partial charge in [-0.3, -0.25) is 0 Å². The number of hydrogen-bond acceptors (Lipinski definition) is 4. The summed E-state index contributed by atoms with van der Waals surface area (Å²) in [5.41, 5.74) is 7.58. The van der Waals surface area contributed by atoms with E-state index >= 15 is 0 Å². The maximum Gasteiger partial charge on any atom is 0.180 e. The van der Waals surface area contributed by atoms with Crippen molar-refractivity contribution in [2.75, 3.05) is 5.73 Å². The molecule has 1 aromatic heterocycles. The van der Waals surface area contributed by atoms with Crippen molar-refractivity contribution in [2.45, 2.75) is 13.2 Å². The van der Waals surface area contributed by atoms with Crippen molar-refractivity contribution in [3.8, 4) is 0 Å². The second kappa shape index (κ2) is 4.91. The Bertz CT molecular complexity index is 414. The van der Waals surface area contributed by atoms with Crippen LogP contribution in [0.3, 0.4) is 0 Å². The van der Waals surface area contributed by atoms with Crippen molar-refractivity contribution in [3.63, 3.8) is 0 Å². The lowest BCUT2D eigenvalue weighted by molar-refractivity contribution is 0.105. The van der Waals surface area contributed by atoms with Crippen LogP contribution in [0, 0.1) is 0 Å². The largest absolute Gasteiger partial charge is 0.375 e. The van der Waals surface area contributed by atoms with Gasteiger partial charge in [-0.1, -0.05) is 30.3 Å². The van der Waals surface area contributed by atoms with E-state index < -0.39 is 0 Å². The van der Waals surface area contributed by atoms with Crippen LogP contribution in [0.5, 0.6) is 0 Å². The zero-order chi connectivity index (χ0) is 10.5. The second-order valence-electron chi connectivity index (χ2n) is 3.16. The first-order valence-electron chi connectivity index (χ1n) is 4.66. The molecule has 0 radical (unpaired) electrons. The van der Waals surface area contributed by atoms with Crippen molar-refractivity contribution in [1.82, 2.24) is 4.98 Å². The van der Waals surface area contributed by atoms with Gasteiger partial charge in [-0.15, -0.1) is 11.3 Å². The van der Waals surface area contributed by atoms with E-state index in [2.05, 4.69) is 4.98 Å². The first-order valence-corrected chi connectivity index (χ1v) is 5.54. The van der Waals surface area contributed by atoms with E-state index in [0.717, 1.165) is 5.69 Å². The third-order valence-corrected chi connectivity index (χ3v) is 2.65. The van der Waals surface area contributed by atoms with Crippen LogP contribution in [0.1, 0.15) is 11.3 Å². The molecule has 0 unspecified atom stereocenters. The molecule has 0 bridgehead atoms. The average Bonchev–Trinajstić information content (AvgIpc) is 2.66. The van der Waals surface area contributed by atoms with Gasteiger partial charge in [-0.2, -0.15) is 0 Å². The quantitative estimate of drug-likeness (QED) is 0.861. The van der Waals surface area contributed by atoms with Gasteiger partial charge in [0.25, 0.3) is 0 Å². The first-order chi connectivity index (χ1) is 7.34. The van der Waals surface area contributed by atoms with Gasteiger partial charge in [-0.05, 0) is 5.56 Å². The summed E-state index contributed by atoms with van der Waals surface area (Å²) in [6.07, 6.45) is 0. The summed E-state index contributed by atoms with van der Waals surface area (Å²) in [6, 6.07) is 10.1. The van der Waals surface area contributed by atoms with E-state index in [1.54, 1.807) is 0 Å². The predicted octanol–water partition coefficient (Wildman–Crippen LogP) is 2.44.